The van der Waals surface area contributed by atoms with Crippen molar-refractivity contribution in [3.63, 3.8) is 0 Å². The van der Waals surface area contributed by atoms with Crippen LogP contribution in [0.3, 0.4) is 0 Å². The summed E-state index contributed by atoms with van der Waals surface area (Å²) in [6, 6.07) is 6.23. The molecule has 190 valence electrons. The summed E-state index contributed by atoms with van der Waals surface area (Å²) in [4.78, 5) is 23.5. The first-order valence-corrected chi connectivity index (χ1v) is 10.6. The molecule has 0 aromatic heterocycles. The highest BCUT2D eigenvalue weighted by Gasteiger charge is 2.45. The molecule has 4 nitrogen and oxygen atoms in total. The predicted octanol–water partition coefficient (Wildman–Crippen LogP) is 5.88. The number of halogens is 7. The van der Waals surface area contributed by atoms with Crippen molar-refractivity contribution in [1.29, 1.82) is 0 Å². The molecule has 0 radical (unpaired) electrons. The van der Waals surface area contributed by atoms with Gasteiger partial charge in [0.2, 0.25) is 0 Å². The minimum atomic E-state index is -4.98. The number of aliphatic carboxylic acids is 1. The average molecular weight is 506 g/mol. The number of carboxylic acid groups (broad SMARTS) is 1. The van der Waals surface area contributed by atoms with E-state index in [0.717, 1.165) is 12.1 Å². The maximum Gasteiger partial charge on any atom is 0.416 e. The Hall–Kier alpha value is -2.95. The SMILES string of the molecule is O=C[C@H]1CC[C@H](OCCc2cc(C(F)(F)F)cc(C(F)(F)F)c2)[C@@H](c2ccc(F)cc2)[C@@H]1C(=O)O. The summed E-state index contributed by atoms with van der Waals surface area (Å²) in [5.74, 6) is -4.73. The van der Waals surface area contributed by atoms with E-state index in [1.54, 1.807) is 0 Å². The molecule has 2 aromatic rings. The summed E-state index contributed by atoms with van der Waals surface area (Å²) in [5, 5.41) is 9.76. The lowest BCUT2D eigenvalue weighted by Gasteiger charge is -2.39. The quantitative estimate of drug-likeness (QED) is 0.376. The van der Waals surface area contributed by atoms with Gasteiger partial charge in [-0.3, -0.25) is 4.79 Å². The molecule has 0 bridgehead atoms. The summed E-state index contributed by atoms with van der Waals surface area (Å²) < 4.78 is 97.8. The average Bonchev–Trinajstić information content (AvgIpc) is 2.78. The van der Waals surface area contributed by atoms with E-state index in [1.807, 2.05) is 0 Å². The van der Waals surface area contributed by atoms with E-state index < -0.39 is 59.1 Å². The van der Waals surface area contributed by atoms with Crippen LogP contribution in [0.2, 0.25) is 0 Å². The Morgan fingerprint density at radius 2 is 1.54 bits per heavy atom. The van der Waals surface area contributed by atoms with Gasteiger partial charge in [0, 0.05) is 11.8 Å². The normalized spacial score (nSPS) is 23.2. The topological polar surface area (TPSA) is 63.6 Å². The minimum absolute atomic E-state index is 0.0348. The van der Waals surface area contributed by atoms with Crippen LogP contribution in [0.5, 0.6) is 0 Å². The van der Waals surface area contributed by atoms with Crippen LogP contribution in [-0.2, 0) is 33.1 Å². The van der Waals surface area contributed by atoms with Crippen LogP contribution in [0.1, 0.15) is 41.0 Å². The lowest BCUT2D eigenvalue weighted by molar-refractivity contribution is -0.151. The molecule has 0 aliphatic heterocycles. The van der Waals surface area contributed by atoms with Gasteiger partial charge in [0.05, 0.1) is 29.8 Å². The van der Waals surface area contributed by atoms with Gasteiger partial charge in [-0.1, -0.05) is 12.1 Å². The van der Waals surface area contributed by atoms with Gasteiger partial charge in [-0.05, 0) is 60.7 Å². The van der Waals surface area contributed by atoms with E-state index in [4.69, 9.17) is 4.74 Å². The predicted molar refractivity (Wildman–Crippen MR) is 109 cm³/mol. The van der Waals surface area contributed by atoms with Crippen LogP contribution in [0.15, 0.2) is 42.5 Å². The molecule has 1 saturated carbocycles. The zero-order valence-corrected chi connectivity index (χ0v) is 18.1. The fourth-order valence-electron chi connectivity index (χ4n) is 4.49. The Kier molecular flexibility index (Phi) is 7.88. The third-order valence-electron chi connectivity index (χ3n) is 6.12. The van der Waals surface area contributed by atoms with Gasteiger partial charge in [-0.15, -0.1) is 0 Å². The molecule has 1 aliphatic carbocycles. The highest BCUT2D eigenvalue weighted by atomic mass is 19.4. The van der Waals surface area contributed by atoms with E-state index in [9.17, 15) is 45.4 Å². The molecule has 0 spiro atoms. The highest BCUT2D eigenvalue weighted by molar-refractivity contribution is 5.76. The van der Waals surface area contributed by atoms with E-state index in [-0.39, 0.29) is 37.5 Å². The molecule has 0 heterocycles. The monoisotopic (exact) mass is 506 g/mol. The van der Waals surface area contributed by atoms with Crippen LogP contribution < -0.4 is 0 Å². The number of hydrogen-bond donors (Lipinski definition) is 1. The maximum absolute atomic E-state index is 13.4. The third kappa shape index (κ3) is 6.39. The zero-order chi connectivity index (χ0) is 26.0. The number of carbonyl (C=O) groups is 2. The van der Waals surface area contributed by atoms with E-state index in [0.29, 0.717) is 24.0 Å². The fourth-order valence-corrected chi connectivity index (χ4v) is 4.49. The molecule has 35 heavy (non-hydrogen) atoms. The number of carboxylic acids is 1. The molecule has 2 aromatic carbocycles. The van der Waals surface area contributed by atoms with Gasteiger partial charge in [0.15, 0.2) is 0 Å². The zero-order valence-electron chi connectivity index (χ0n) is 18.1. The van der Waals surface area contributed by atoms with Crippen molar-refractivity contribution in [1.82, 2.24) is 0 Å². The smallest absolute Gasteiger partial charge is 0.416 e. The van der Waals surface area contributed by atoms with Crippen molar-refractivity contribution in [2.24, 2.45) is 11.8 Å². The van der Waals surface area contributed by atoms with Crippen LogP contribution in [0, 0.1) is 17.7 Å². The number of aldehydes is 1. The van der Waals surface area contributed by atoms with Crippen LogP contribution in [-0.4, -0.2) is 30.1 Å². The van der Waals surface area contributed by atoms with Crippen molar-refractivity contribution in [2.75, 3.05) is 6.61 Å². The second kappa shape index (κ2) is 10.3. The second-order valence-electron chi connectivity index (χ2n) is 8.39. The van der Waals surface area contributed by atoms with E-state index >= 15 is 0 Å². The van der Waals surface area contributed by atoms with Gasteiger partial charge < -0.3 is 14.6 Å². The molecular weight excluding hydrogens is 485 g/mol. The molecule has 1 aliphatic rings. The van der Waals surface area contributed by atoms with Crippen LogP contribution in [0.4, 0.5) is 30.7 Å². The van der Waals surface area contributed by atoms with Crippen molar-refractivity contribution in [3.8, 4) is 0 Å². The Morgan fingerprint density at radius 3 is 2.03 bits per heavy atom. The van der Waals surface area contributed by atoms with Gasteiger partial charge in [0.1, 0.15) is 12.1 Å². The van der Waals surface area contributed by atoms with Crippen molar-refractivity contribution < 1.29 is 50.2 Å². The van der Waals surface area contributed by atoms with Gasteiger partial charge in [-0.2, -0.15) is 26.3 Å². The molecule has 1 fully saturated rings. The fraction of sp³-hybridized carbons (Fsp3) is 0.417. The van der Waals surface area contributed by atoms with E-state index in [1.165, 1.54) is 12.1 Å². The lowest BCUT2D eigenvalue weighted by Crippen LogP contribution is -2.42. The summed E-state index contributed by atoms with van der Waals surface area (Å²) in [7, 11) is 0. The number of carbonyl (C=O) groups excluding carboxylic acids is 1. The van der Waals surface area contributed by atoms with Crippen molar-refractivity contribution >= 4 is 12.3 Å². The number of benzene rings is 2. The molecule has 0 saturated heterocycles. The first-order valence-electron chi connectivity index (χ1n) is 10.6. The van der Waals surface area contributed by atoms with Crippen LogP contribution >= 0.6 is 0 Å². The van der Waals surface area contributed by atoms with Gasteiger partial charge >= 0.3 is 18.3 Å². The largest absolute Gasteiger partial charge is 0.481 e. The van der Waals surface area contributed by atoms with Gasteiger partial charge in [0.25, 0.3) is 0 Å². The Labute approximate surface area is 195 Å². The molecule has 3 rings (SSSR count). The lowest BCUT2D eigenvalue weighted by atomic mass is 9.68. The van der Waals surface area contributed by atoms with E-state index in [2.05, 4.69) is 0 Å². The molecule has 11 heteroatoms. The Morgan fingerprint density at radius 1 is 0.971 bits per heavy atom. The Bertz CT molecular complexity index is 1020. The first kappa shape index (κ1) is 26.7. The van der Waals surface area contributed by atoms with Gasteiger partial charge in [-0.25, -0.2) is 4.39 Å². The third-order valence-corrected chi connectivity index (χ3v) is 6.12. The number of alkyl halides is 6. The molecular formula is C24H21F7O4. The molecule has 0 unspecified atom stereocenters. The maximum atomic E-state index is 13.4. The highest BCUT2D eigenvalue weighted by Crippen LogP contribution is 2.43. The van der Waals surface area contributed by atoms with Crippen molar-refractivity contribution in [2.45, 2.75) is 43.6 Å². The summed E-state index contributed by atoms with van der Waals surface area (Å²) in [5.41, 5.74) is -2.73. The summed E-state index contributed by atoms with van der Waals surface area (Å²) in [6.07, 6.45) is -10.1. The second-order valence-corrected chi connectivity index (χ2v) is 8.39. The summed E-state index contributed by atoms with van der Waals surface area (Å²) >= 11 is 0. The molecule has 1 N–H and O–H groups in total. The van der Waals surface area contributed by atoms with Crippen molar-refractivity contribution in [3.05, 3.63) is 70.5 Å². The van der Waals surface area contributed by atoms with Crippen LogP contribution in [0.25, 0.3) is 0 Å². The molecule has 0 amide bonds. The Balaban J connectivity index is 1.84. The summed E-state index contributed by atoms with van der Waals surface area (Å²) in [6.45, 7) is -0.293. The number of rotatable bonds is 7. The number of hydrogen-bond acceptors (Lipinski definition) is 3. The molecule has 4 atom stereocenters. The first-order chi connectivity index (χ1) is 16.3. The standard InChI is InChI=1S/C24H21F7O4/c25-18-4-1-14(2-5-18)20-19(6-3-15(12-32)21(20)22(33)34)35-8-7-13-9-16(23(26,27)28)11-17(10-13)24(29,30)31/h1-2,4-5,9-12,15,19-21H,3,6-8H2,(H,33,34)/t15-,19+,20-,21-/m1/s1. The minimum Gasteiger partial charge on any atom is -0.481 e. The number of ether oxygens (including phenoxy) is 1.